The van der Waals surface area contributed by atoms with E-state index in [0.717, 1.165) is 75.4 Å². The van der Waals surface area contributed by atoms with Gasteiger partial charge in [0.1, 0.15) is 6.07 Å². The topological polar surface area (TPSA) is 87.9 Å². The number of aliphatic hydroxyl groups is 1. The number of nitrogens with zero attached hydrogens (tertiary/aromatic N) is 5. The van der Waals surface area contributed by atoms with Crippen molar-refractivity contribution in [3.8, 4) is 6.07 Å². The van der Waals surface area contributed by atoms with Gasteiger partial charge in [0, 0.05) is 68.8 Å². The number of hydrogen-bond donors (Lipinski definition) is 2. The van der Waals surface area contributed by atoms with Crippen molar-refractivity contribution in [1.82, 2.24) is 15.2 Å². The Kier molecular flexibility index (Phi) is 7.18. The van der Waals surface area contributed by atoms with Crippen LogP contribution in [0.2, 0.25) is 0 Å². The summed E-state index contributed by atoms with van der Waals surface area (Å²) in [6, 6.07) is 17.0. The van der Waals surface area contributed by atoms with Gasteiger partial charge in [0.2, 0.25) is 0 Å². The number of hydrogen-bond acceptors (Lipinski definition) is 8. The molecular weight excluding hydrogens is 476 g/mol. The average Bonchev–Trinajstić information content (AvgIpc) is 2.96. The molecule has 0 amide bonds. The largest absolute Gasteiger partial charge is 0.394 e. The van der Waals surface area contributed by atoms with Crippen molar-refractivity contribution in [1.29, 1.82) is 5.26 Å². The van der Waals surface area contributed by atoms with Gasteiger partial charge in [-0.15, -0.1) is 0 Å². The van der Waals surface area contributed by atoms with Crippen LogP contribution in [-0.2, 0) is 11.2 Å². The number of fused-ring (bicyclic) bond motifs is 2. The van der Waals surface area contributed by atoms with Gasteiger partial charge < -0.3 is 25.0 Å². The maximum Gasteiger partial charge on any atom is 0.101 e. The molecule has 0 bridgehead atoms. The van der Waals surface area contributed by atoms with E-state index in [0.29, 0.717) is 5.56 Å². The summed E-state index contributed by atoms with van der Waals surface area (Å²) in [6.07, 6.45) is 3.02. The first-order valence-corrected chi connectivity index (χ1v) is 13.8. The number of aliphatic hydroxyl groups excluding tert-OH is 1. The summed E-state index contributed by atoms with van der Waals surface area (Å²) in [6.45, 7) is 9.78. The molecule has 6 rings (SSSR count). The molecule has 8 nitrogen and oxygen atoms in total. The first-order chi connectivity index (χ1) is 18.6. The van der Waals surface area contributed by atoms with Crippen molar-refractivity contribution in [2.45, 2.75) is 31.6 Å². The third-order valence-corrected chi connectivity index (χ3v) is 8.20. The van der Waals surface area contributed by atoms with Gasteiger partial charge >= 0.3 is 0 Å². The summed E-state index contributed by atoms with van der Waals surface area (Å²) in [5.41, 5.74) is 6.40. The second-order valence-corrected chi connectivity index (χ2v) is 10.7. The van der Waals surface area contributed by atoms with Gasteiger partial charge in [-0.25, -0.2) is 0 Å². The number of nitriles is 1. The molecule has 3 atom stereocenters. The Morgan fingerprint density at radius 3 is 2.79 bits per heavy atom. The minimum atomic E-state index is 0.0561. The Bertz CT molecular complexity index is 1330. The van der Waals surface area contributed by atoms with E-state index >= 15 is 0 Å². The summed E-state index contributed by atoms with van der Waals surface area (Å²) in [7, 11) is 0. The Morgan fingerprint density at radius 1 is 1.11 bits per heavy atom. The summed E-state index contributed by atoms with van der Waals surface area (Å²) in [5, 5.41) is 23.6. The SMILES string of the molecule is C[C@@H]1CN(c2ccc(C#N)c3ncccc23)C[C@H](CN2CCN(c3ccc4c(c3)CCNC4CO)CC2)O1. The maximum absolute atomic E-state index is 9.68. The lowest BCUT2D eigenvalue weighted by Gasteiger charge is -2.42. The van der Waals surface area contributed by atoms with Crippen molar-refractivity contribution in [2.24, 2.45) is 0 Å². The lowest BCUT2D eigenvalue weighted by Crippen LogP contribution is -2.54. The van der Waals surface area contributed by atoms with E-state index in [1.165, 1.54) is 16.8 Å². The molecule has 0 spiro atoms. The molecule has 38 heavy (non-hydrogen) atoms. The molecule has 0 radical (unpaired) electrons. The number of benzene rings is 2. The first-order valence-electron chi connectivity index (χ1n) is 13.8. The second kappa shape index (κ2) is 10.9. The highest BCUT2D eigenvalue weighted by molar-refractivity contribution is 5.95. The first kappa shape index (κ1) is 25.1. The number of piperazine rings is 1. The Labute approximate surface area is 224 Å². The number of anilines is 2. The highest BCUT2D eigenvalue weighted by atomic mass is 16.5. The van der Waals surface area contributed by atoms with Crippen LogP contribution in [0.4, 0.5) is 11.4 Å². The van der Waals surface area contributed by atoms with E-state index in [9.17, 15) is 10.4 Å². The van der Waals surface area contributed by atoms with Crippen molar-refractivity contribution in [2.75, 3.05) is 68.8 Å². The average molecular weight is 513 g/mol. The monoisotopic (exact) mass is 512 g/mol. The van der Waals surface area contributed by atoms with Crippen molar-refractivity contribution >= 4 is 22.3 Å². The minimum absolute atomic E-state index is 0.0561. The number of morpholine rings is 1. The molecule has 0 saturated carbocycles. The molecule has 8 heteroatoms. The van der Waals surface area contributed by atoms with Gasteiger partial charge in [0.25, 0.3) is 0 Å². The quantitative estimate of drug-likeness (QED) is 0.540. The van der Waals surface area contributed by atoms with Crippen LogP contribution in [0.3, 0.4) is 0 Å². The summed E-state index contributed by atoms with van der Waals surface area (Å²) < 4.78 is 6.40. The van der Waals surface area contributed by atoms with Gasteiger partial charge in [-0.2, -0.15) is 5.26 Å². The fraction of sp³-hybridized carbons (Fsp3) is 0.467. The molecule has 0 aliphatic carbocycles. The standard InChI is InChI=1S/C30H36N6O2/c1-21-17-36(29-7-4-23(16-31)30-27(29)3-2-9-33-30)19-25(38-21)18-34-11-13-35(14-12-34)24-5-6-26-22(15-24)8-10-32-28(26)20-37/h2-7,9,15,21,25,28,32,37H,8,10-14,17-20H2,1H3/t21-,25+,28?/m1/s1. The van der Waals surface area contributed by atoms with Crippen LogP contribution in [0, 0.1) is 11.3 Å². The van der Waals surface area contributed by atoms with E-state index in [4.69, 9.17) is 4.74 Å². The summed E-state index contributed by atoms with van der Waals surface area (Å²) in [4.78, 5) is 11.9. The van der Waals surface area contributed by atoms with E-state index in [1.807, 2.05) is 12.1 Å². The molecule has 2 fully saturated rings. The molecule has 3 aromatic rings. The Hall–Kier alpha value is -3.22. The van der Waals surface area contributed by atoms with Crippen LogP contribution in [0.25, 0.3) is 10.9 Å². The summed E-state index contributed by atoms with van der Waals surface area (Å²) in [5.74, 6) is 0. The Balaban J connectivity index is 1.10. The zero-order valence-corrected chi connectivity index (χ0v) is 22.0. The molecular formula is C30H36N6O2. The lowest BCUT2D eigenvalue weighted by molar-refractivity contribution is -0.0327. The molecule has 2 saturated heterocycles. The molecule has 198 valence electrons. The van der Waals surface area contributed by atoms with Crippen LogP contribution >= 0.6 is 0 Å². The fourth-order valence-corrected chi connectivity index (χ4v) is 6.34. The van der Waals surface area contributed by atoms with Gasteiger partial charge in [-0.1, -0.05) is 6.07 Å². The zero-order chi connectivity index (χ0) is 26.1. The number of aromatic nitrogens is 1. The third-order valence-electron chi connectivity index (χ3n) is 8.20. The van der Waals surface area contributed by atoms with Gasteiger partial charge in [-0.05, 0) is 67.4 Å². The molecule has 3 aliphatic rings. The molecule has 4 heterocycles. The van der Waals surface area contributed by atoms with Crippen LogP contribution in [0.15, 0.2) is 48.7 Å². The number of pyridine rings is 1. The second-order valence-electron chi connectivity index (χ2n) is 10.7. The molecule has 2 N–H and O–H groups in total. The van der Waals surface area contributed by atoms with Crippen molar-refractivity contribution in [3.05, 3.63) is 65.4 Å². The van der Waals surface area contributed by atoms with Gasteiger partial charge in [0.05, 0.1) is 35.9 Å². The van der Waals surface area contributed by atoms with E-state index in [2.05, 4.69) is 68.3 Å². The van der Waals surface area contributed by atoms with E-state index in [-0.39, 0.29) is 24.9 Å². The van der Waals surface area contributed by atoms with Gasteiger partial charge in [-0.3, -0.25) is 9.88 Å². The van der Waals surface area contributed by atoms with Crippen LogP contribution in [0.1, 0.15) is 29.7 Å². The van der Waals surface area contributed by atoms with Gasteiger partial charge in [0.15, 0.2) is 0 Å². The highest BCUT2D eigenvalue weighted by Gasteiger charge is 2.30. The normalized spacial score (nSPS) is 24.3. The molecule has 3 aliphatic heterocycles. The number of ether oxygens (including phenoxy) is 1. The maximum atomic E-state index is 9.68. The van der Waals surface area contributed by atoms with Crippen LogP contribution in [0.5, 0.6) is 0 Å². The zero-order valence-electron chi connectivity index (χ0n) is 22.0. The molecule has 1 unspecified atom stereocenters. The smallest absolute Gasteiger partial charge is 0.101 e. The van der Waals surface area contributed by atoms with Crippen LogP contribution in [-0.4, -0.2) is 86.2 Å². The van der Waals surface area contributed by atoms with Crippen molar-refractivity contribution < 1.29 is 9.84 Å². The van der Waals surface area contributed by atoms with Crippen LogP contribution < -0.4 is 15.1 Å². The predicted octanol–water partition coefficient (Wildman–Crippen LogP) is 2.70. The van der Waals surface area contributed by atoms with Crippen molar-refractivity contribution in [3.63, 3.8) is 0 Å². The number of rotatable bonds is 5. The summed E-state index contributed by atoms with van der Waals surface area (Å²) >= 11 is 0. The van der Waals surface area contributed by atoms with E-state index in [1.54, 1.807) is 6.20 Å². The predicted molar refractivity (Wildman–Crippen MR) is 150 cm³/mol. The highest BCUT2D eigenvalue weighted by Crippen LogP contribution is 2.31. The minimum Gasteiger partial charge on any atom is -0.394 e. The fourth-order valence-electron chi connectivity index (χ4n) is 6.34. The third kappa shape index (κ3) is 4.95. The van der Waals surface area contributed by atoms with E-state index < -0.39 is 0 Å². The lowest BCUT2D eigenvalue weighted by atomic mass is 9.94. The Morgan fingerprint density at radius 2 is 1.97 bits per heavy atom. The molecule has 1 aromatic heterocycles. The number of nitrogens with one attached hydrogen (secondary N) is 1. The molecule has 2 aromatic carbocycles.